The molecule has 0 radical (unpaired) electrons. The normalized spacial score (nSPS) is 10.8. The highest BCUT2D eigenvalue weighted by atomic mass is 19.1. The molecule has 8 heteroatoms. The molecule has 0 bridgehead atoms. The summed E-state index contributed by atoms with van der Waals surface area (Å²) >= 11 is 0. The molecular weight excluding hydrogens is 373 g/mol. The molecule has 4 rings (SSSR count). The molecule has 29 heavy (non-hydrogen) atoms. The Labute approximate surface area is 165 Å². The Kier molecular flexibility index (Phi) is 4.52. The number of halogens is 1. The minimum absolute atomic E-state index is 0.0345. The number of carbonyl (C=O) groups is 2. The van der Waals surface area contributed by atoms with Gasteiger partial charge in [0.2, 0.25) is 5.91 Å². The van der Waals surface area contributed by atoms with Crippen molar-refractivity contribution in [1.29, 1.82) is 0 Å². The summed E-state index contributed by atoms with van der Waals surface area (Å²) in [6.07, 6.45) is 2.99. The molecule has 4 aromatic rings. The van der Waals surface area contributed by atoms with Crippen molar-refractivity contribution in [2.45, 2.75) is 6.92 Å². The number of hydrogen-bond donors (Lipinski definition) is 2. The molecule has 0 aliphatic carbocycles. The number of hydrogen-bond acceptors (Lipinski definition) is 4. The maximum atomic E-state index is 14.1. The first-order valence-electron chi connectivity index (χ1n) is 8.75. The minimum atomic E-state index is -0.787. The Hall–Kier alpha value is -4.07. The Morgan fingerprint density at radius 1 is 1.14 bits per heavy atom. The summed E-state index contributed by atoms with van der Waals surface area (Å²) in [4.78, 5) is 28.5. The Morgan fingerprint density at radius 2 is 1.90 bits per heavy atom. The van der Waals surface area contributed by atoms with Crippen molar-refractivity contribution < 1.29 is 14.0 Å². The quantitative estimate of drug-likeness (QED) is 0.559. The number of carbonyl (C=O) groups excluding carboxylic acids is 2. The number of rotatable bonds is 4. The maximum absolute atomic E-state index is 14.1. The fourth-order valence-corrected chi connectivity index (χ4v) is 3.02. The molecule has 0 aliphatic rings. The van der Waals surface area contributed by atoms with Crippen molar-refractivity contribution in [3.63, 3.8) is 0 Å². The molecule has 0 saturated heterocycles. The van der Waals surface area contributed by atoms with E-state index in [0.717, 1.165) is 17.3 Å². The number of amides is 2. The second-order valence-electron chi connectivity index (χ2n) is 6.44. The van der Waals surface area contributed by atoms with Crippen LogP contribution in [0.25, 0.3) is 16.9 Å². The number of nitrogens with zero attached hydrogens (tertiary/aromatic N) is 3. The van der Waals surface area contributed by atoms with Gasteiger partial charge in [-0.1, -0.05) is 30.3 Å². The molecule has 0 unspecified atom stereocenters. The summed E-state index contributed by atoms with van der Waals surface area (Å²) < 4.78 is 15.7. The van der Waals surface area contributed by atoms with Gasteiger partial charge in [-0.25, -0.2) is 13.9 Å². The highest BCUT2D eigenvalue weighted by molar-refractivity contribution is 6.09. The topological polar surface area (TPSA) is 102 Å². The lowest BCUT2D eigenvalue weighted by Crippen LogP contribution is -2.16. The van der Waals surface area contributed by atoms with Crippen molar-refractivity contribution in [1.82, 2.24) is 14.6 Å². The zero-order chi connectivity index (χ0) is 20.5. The average Bonchev–Trinajstić information content (AvgIpc) is 3.16. The number of primary amides is 1. The molecule has 0 spiro atoms. The van der Waals surface area contributed by atoms with Crippen LogP contribution >= 0.6 is 0 Å². The summed E-state index contributed by atoms with van der Waals surface area (Å²) in [5.41, 5.74) is 7.80. The summed E-state index contributed by atoms with van der Waals surface area (Å²) in [6.45, 7) is 1.50. The summed E-state index contributed by atoms with van der Waals surface area (Å²) in [7, 11) is 0. The molecule has 0 aliphatic heterocycles. The van der Waals surface area contributed by atoms with E-state index < -0.39 is 17.6 Å². The van der Waals surface area contributed by atoms with Crippen LogP contribution in [0, 0.1) is 12.7 Å². The van der Waals surface area contributed by atoms with E-state index in [4.69, 9.17) is 5.73 Å². The number of nitrogens with two attached hydrogens (primary N) is 1. The van der Waals surface area contributed by atoms with Gasteiger partial charge in [-0.15, -0.1) is 0 Å². The molecule has 2 aromatic heterocycles. The average molecular weight is 389 g/mol. The SMILES string of the molecule is Cc1c(F)cc(C(N)=O)cc1NC(=O)c1cnn2c(-c3ccccc3)ccnc12. The van der Waals surface area contributed by atoms with Crippen LogP contribution in [0.2, 0.25) is 0 Å². The molecule has 2 amide bonds. The zero-order valence-electron chi connectivity index (χ0n) is 15.4. The van der Waals surface area contributed by atoms with E-state index in [-0.39, 0.29) is 22.4 Å². The predicted octanol–water partition coefficient (Wildman–Crippen LogP) is 3.20. The molecule has 7 nitrogen and oxygen atoms in total. The van der Waals surface area contributed by atoms with Gasteiger partial charge in [-0.05, 0) is 25.1 Å². The summed E-state index contributed by atoms with van der Waals surface area (Å²) in [5.74, 6) is -1.95. The largest absolute Gasteiger partial charge is 0.366 e. The number of nitrogens with one attached hydrogen (secondary N) is 1. The maximum Gasteiger partial charge on any atom is 0.261 e. The lowest BCUT2D eigenvalue weighted by Gasteiger charge is -2.10. The molecule has 3 N–H and O–H groups in total. The van der Waals surface area contributed by atoms with Gasteiger partial charge in [0.25, 0.3) is 5.91 Å². The van der Waals surface area contributed by atoms with E-state index >= 15 is 0 Å². The summed E-state index contributed by atoms with van der Waals surface area (Å²) in [5, 5.41) is 6.91. The molecular formula is C21H16FN5O2. The van der Waals surface area contributed by atoms with Gasteiger partial charge in [0.05, 0.1) is 11.9 Å². The van der Waals surface area contributed by atoms with E-state index in [1.807, 2.05) is 30.3 Å². The number of aromatic nitrogens is 3. The van der Waals surface area contributed by atoms with Crippen molar-refractivity contribution >= 4 is 23.1 Å². The number of fused-ring (bicyclic) bond motifs is 1. The third-order valence-corrected chi connectivity index (χ3v) is 4.59. The van der Waals surface area contributed by atoms with Crippen molar-refractivity contribution in [2.24, 2.45) is 5.73 Å². The molecule has 0 saturated carbocycles. The van der Waals surface area contributed by atoms with Gasteiger partial charge >= 0.3 is 0 Å². The number of anilines is 1. The van der Waals surface area contributed by atoms with Crippen LogP contribution in [0.3, 0.4) is 0 Å². The van der Waals surface area contributed by atoms with Crippen molar-refractivity contribution in [3.8, 4) is 11.3 Å². The van der Waals surface area contributed by atoms with Crippen molar-refractivity contribution in [2.75, 3.05) is 5.32 Å². The molecule has 0 atom stereocenters. The van der Waals surface area contributed by atoms with Crippen LogP contribution in [0.4, 0.5) is 10.1 Å². The van der Waals surface area contributed by atoms with E-state index in [9.17, 15) is 14.0 Å². The van der Waals surface area contributed by atoms with Crippen molar-refractivity contribution in [3.05, 3.63) is 83.4 Å². The second kappa shape index (κ2) is 7.16. The predicted molar refractivity (Wildman–Crippen MR) is 106 cm³/mol. The van der Waals surface area contributed by atoms with Gasteiger partial charge in [-0.2, -0.15) is 5.10 Å². The van der Waals surface area contributed by atoms with E-state index in [2.05, 4.69) is 15.4 Å². The first-order chi connectivity index (χ1) is 14.0. The van der Waals surface area contributed by atoms with Gasteiger partial charge in [0.1, 0.15) is 11.4 Å². The van der Waals surface area contributed by atoms with Gasteiger partial charge in [0.15, 0.2) is 5.65 Å². The fourth-order valence-electron chi connectivity index (χ4n) is 3.02. The second-order valence-corrected chi connectivity index (χ2v) is 6.44. The minimum Gasteiger partial charge on any atom is -0.366 e. The standard InChI is InChI=1S/C21H16FN5O2/c1-12-16(22)9-14(19(23)28)10-17(12)26-21(29)15-11-25-27-18(7-8-24-20(15)27)13-5-3-2-4-6-13/h2-11H,1H3,(H2,23,28)(H,26,29). The summed E-state index contributed by atoms with van der Waals surface area (Å²) in [6, 6.07) is 13.8. The first-order valence-corrected chi connectivity index (χ1v) is 8.75. The molecule has 0 fully saturated rings. The van der Waals surface area contributed by atoms with Gasteiger partial charge in [-0.3, -0.25) is 9.59 Å². The first kappa shape index (κ1) is 18.3. The Balaban J connectivity index is 1.73. The fraction of sp³-hybridized carbons (Fsp3) is 0.0476. The van der Waals surface area contributed by atoms with Crippen LogP contribution in [0.1, 0.15) is 26.3 Å². The smallest absolute Gasteiger partial charge is 0.261 e. The molecule has 144 valence electrons. The highest BCUT2D eigenvalue weighted by Gasteiger charge is 2.18. The third-order valence-electron chi connectivity index (χ3n) is 4.59. The zero-order valence-corrected chi connectivity index (χ0v) is 15.4. The van der Waals surface area contributed by atoms with Gasteiger partial charge in [0, 0.05) is 28.6 Å². The number of benzene rings is 2. The lowest BCUT2D eigenvalue weighted by atomic mass is 10.1. The van der Waals surface area contributed by atoms with E-state index in [0.29, 0.717) is 5.65 Å². The van der Waals surface area contributed by atoms with E-state index in [1.54, 1.807) is 16.8 Å². The van der Waals surface area contributed by atoms with Crippen LogP contribution in [0.15, 0.2) is 60.9 Å². The van der Waals surface area contributed by atoms with Gasteiger partial charge < -0.3 is 11.1 Å². The molecule has 2 aromatic carbocycles. The lowest BCUT2D eigenvalue weighted by molar-refractivity contribution is 0.0996. The monoisotopic (exact) mass is 389 g/mol. The Bertz CT molecular complexity index is 1250. The Morgan fingerprint density at radius 3 is 2.62 bits per heavy atom. The van der Waals surface area contributed by atoms with Crippen LogP contribution in [-0.4, -0.2) is 26.4 Å². The van der Waals surface area contributed by atoms with Crippen LogP contribution < -0.4 is 11.1 Å². The van der Waals surface area contributed by atoms with Crippen LogP contribution in [0.5, 0.6) is 0 Å². The third kappa shape index (κ3) is 3.31. The van der Waals surface area contributed by atoms with Crippen LogP contribution in [-0.2, 0) is 0 Å². The highest BCUT2D eigenvalue weighted by Crippen LogP contribution is 2.24. The molecule has 2 heterocycles. The van der Waals surface area contributed by atoms with E-state index in [1.165, 1.54) is 19.2 Å².